The third kappa shape index (κ3) is 3.16. The molecule has 0 aliphatic heterocycles. The number of rotatable bonds is 5. The number of hydrogen-bond donors (Lipinski definition) is 1. The summed E-state index contributed by atoms with van der Waals surface area (Å²) >= 11 is 0. The van der Waals surface area contributed by atoms with Crippen LogP contribution >= 0.6 is 0 Å². The predicted octanol–water partition coefficient (Wildman–Crippen LogP) is 3.33. The van der Waals surface area contributed by atoms with Gasteiger partial charge in [-0.15, -0.1) is 0 Å². The average molecular weight is 327 g/mol. The quantitative estimate of drug-likeness (QED) is 0.576. The van der Waals surface area contributed by atoms with Crippen LogP contribution in [-0.2, 0) is 6.54 Å². The lowest BCUT2D eigenvalue weighted by atomic mass is 10.1. The number of nitro groups is 1. The van der Waals surface area contributed by atoms with Gasteiger partial charge < -0.3 is 9.67 Å². The lowest BCUT2D eigenvalue weighted by Crippen LogP contribution is -2.10. The highest BCUT2D eigenvalue weighted by Gasteiger charge is 2.16. The summed E-state index contributed by atoms with van der Waals surface area (Å²) in [6.45, 7) is 0.0823. The Balaban J connectivity index is 1.90. The summed E-state index contributed by atoms with van der Waals surface area (Å²) < 4.78 is 15.4. The van der Waals surface area contributed by atoms with E-state index in [0.29, 0.717) is 11.4 Å². The fourth-order valence-electron chi connectivity index (χ4n) is 2.51. The Bertz CT molecular complexity index is 879. The van der Waals surface area contributed by atoms with Crippen molar-refractivity contribution in [3.8, 4) is 11.4 Å². The zero-order chi connectivity index (χ0) is 17.1. The van der Waals surface area contributed by atoms with Gasteiger partial charge in [0.2, 0.25) is 0 Å². The number of imidazole rings is 1. The minimum absolute atomic E-state index is 0.0447. The molecule has 7 heteroatoms. The van der Waals surface area contributed by atoms with Crippen LogP contribution in [0.4, 0.5) is 10.1 Å². The van der Waals surface area contributed by atoms with Crippen LogP contribution in [0.2, 0.25) is 0 Å². The maximum Gasteiger partial charge on any atom is 0.270 e. The molecular weight excluding hydrogens is 313 g/mol. The maximum atomic E-state index is 13.8. The van der Waals surface area contributed by atoms with E-state index in [2.05, 4.69) is 4.98 Å². The Hall–Kier alpha value is -3.06. The van der Waals surface area contributed by atoms with E-state index in [1.54, 1.807) is 35.0 Å². The molecular formula is C17H14FN3O3. The lowest BCUT2D eigenvalue weighted by Gasteiger charge is -2.14. The van der Waals surface area contributed by atoms with Crippen LogP contribution in [0.5, 0.6) is 0 Å². The molecule has 1 atom stereocenters. The summed E-state index contributed by atoms with van der Waals surface area (Å²) in [5.74, 6) is -0.0175. The molecule has 2 aromatic carbocycles. The second kappa shape index (κ2) is 6.59. The van der Waals surface area contributed by atoms with Gasteiger partial charge in [-0.25, -0.2) is 9.37 Å². The maximum absolute atomic E-state index is 13.8. The minimum atomic E-state index is -1.06. The van der Waals surface area contributed by atoms with E-state index in [9.17, 15) is 19.6 Å². The molecule has 0 amide bonds. The highest BCUT2D eigenvalue weighted by molar-refractivity contribution is 5.59. The smallest absolute Gasteiger partial charge is 0.270 e. The molecule has 1 unspecified atom stereocenters. The fraction of sp³-hybridized carbons (Fsp3) is 0.118. The molecule has 6 nitrogen and oxygen atoms in total. The molecule has 1 aromatic heterocycles. The van der Waals surface area contributed by atoms with Crippen LogP contribution < -0.4 is 0 Å². The lowest BCUT2D eigenvalue weighted by molar-refractivity contribution is -0.384. The summed E-state index contributed by atoms with van der Waals surface area (Å²) in [4.78, 5) is 14.6. The number of non-ortho nitro benzene ring substituents is 1. The van der Waals surface area contributed by atoms with Gasteiger partial charge >= 0.3 is 0 Å². The van der Waals surface area contributed by atoms with Gasteiger partial charge in [-0.05, 0) is 6.07 Å². The van der Waals surface area contributed by atoms with Gasteiger partial charge in [0.25, 0.3) is 5.69 Å². The number of aliphatic hydroxyl groups is 1. The molecule has 0 saturated carbocycles. The highest BCUT2D eigenvalue weighted by Crippen LogP contribution is 2.25. The first-order chi connectivity index (χ1) is 11.6. The fourth-order valence-corrected chi connectivity index (χ4v) is 2.51. The summed E-state index contributed by atoms with van der Waals surface area (Å²) in [6, 6.07) is 12.1. The van der Waals surface area contributed by atoms with E-state index in [0.717, 1.165) is 0 Å². The van der Waals surface area contributed by atoms with Gasteiger partial charge in [0.05, 0.1) is 17.6 Å². The van der Waals surface area contributed by atoms with E-state index in [1.165, 1.54) is 30.5 Å². The number of halogens is 1. The molecule has 122 valence electrons. The van der Waals surface area contributed by atoms with Crippen molar-refractivity contribution in [3.05, 3.63) is 82.4 Å². The van der Waals surface area contributed by atoms with Crippen molar-refractivity contribution in [2.24, 2.45) is 0 Å². The molecule has 3 rings (SSSR count). The first kappa shape index (κ1) is 15.8. The van der Waals surface area contributed by atoms with Crippen molar-refractivity contribution in [3.63, 3.8) is 0 Å². The van der Waals surface area contributed by atoms with Crippen molar-refractivity contribution >= 4 is 5.69 Å². The third-order valence-electron chi connectivity index (χ3n) is 3.66. The van der Waals surface area contributed by atoms with E-state index in [4.69, 9.17) is 0 Å². The van der Waals surface area contributed by atoms with Crippen LogP contribution in [0.15, 0.2) is 60.9 Å². The molecule has 0 saturated heterocycles. The number of nitrogens with zero attached hydrogens (tertiary/aromatic N) is 3. The van der Waals surface area contributed by atoms with Crippen molar-refractivity contribution < 1.29 is 14.4 Å². The first-order valence-corrected chi connectivity index (χ1v) is 7.24. The Labute approximate surface area is 137 Å². The van der Waals surface area contributed by atoms with E-state index >= 15 is 0 Å². The monoisotopic (exact) mass is 327 g/mol. The van der Waals surface area contributed by atoms with Gasteiger partial charge in [0.15, 0.2) is 0 Å². The van der Waals surface area contributed by atoms with Crippen LogP contribution in [0.1, 0.15) is 11.7 Å². The third-order valence-corrected chi connectivity index (χ3v) is 3.66. The average Bonchev–Trinajstić information content (AvgIpc) is 3.03. The molecule has 24 heavy (non-hydrogen) atoms. The normalized spacial score (nSPS) is 12.1. The van der Waals surface area contributed by atoms with E-state index in [-0.39, 0.29) is 17.8 Å². The van der Waals surface area contributed by atoms with Crippen LogP contribution in [-0.4, -0.2) is 19.6 Å². The summed E-state index contributed by atoms with van der Waals surface area (Å²) in [5.41, 5.74) is 0.697. The highest BCUT2D eigenvalue weighted by atomic mass is 19.1. The minimum Gasteiger partial charge on any atom is -0.386 e. The Morgan fingerprint density at radius 1 is 1.25 bits per heavy atom. The SMILES string of the molecule is O=[N+]([O-])c1cccc(-c2nccn2CC(O)c2ccccc2F)c1. The zero-order valence-corrected chi connectivity index (χ0v) is 12.5. The number of nitro benzene ring substituents is 1. The van der Waals surface area contributed by atoms with E-state index in [1.807, 2.05) is 0 Å². The van der Waals surface area contributed by atoms with Crippen LogP contribution in [0.25, 0.3) is 11.4 Å². The molecule has 0 fully saturated rings. The van der Waals surface area contributed by atoms with Crippen molar-refractivity contribution in [2.45, 2.75) is 12.6 Å². The Morgan fingerprint density at radius 3 is 2.79 bits per heavy atom. The Morgan fingerprint density at radius 2 is 2.04 bits per heavy atom. The predicted molar refractivity (Wildman–Crippen MR) is 85.7 cm³/mol. The Kier molecular flexibility index (Phi) is 4.35. The van der Waals surface area contributed by atoms with Gasteiger partial charge in [-0.2, -0.15) is 0 Å². The van der Waals surface area contributed by atoms with Crippen LogP contribution in [0.3, 0.4) is 0 Å². The molecule has 3 aromatic rings. The first-order valence-electron chi connectivity index (χ1n) is 7.24. The molecule has 0 radical (unpaired) electrons. The van der Waals surface area contributed by atoms with Crippen molar-refractivity contribution in [2.75, 3.05) is 0 Å². The number of aliphatic hydroxyl groups excluding tert-OH is 1. The molecule has 0 aliphatic rings. The molecule has 1 heterocycles. The van der Waals surface area contributed by atoms with Crippen molar-refractivity contribution in [1.29, 1.82) is 0 Å². The molecule has 0 aliphatic carbocycles. The molecule has 1 N–H and O–H groups in total. The topological polar surface area (TPSA) is 81.2 Å². The number of benzene rings is 2. The van der Waals surface area contributed by atoms with Gasteiger partial charge in [0.1, 0.15) is 11.6 Å². The summed E-state index contributed by atoms with van der Waals surface area (Å²) in [7, 11) is 0. The summed E-state index contributed by atoms with van der Waals surface area (Å²) in [5, 5.41) is 21.2. The van der Waals surface area contributed by atoms with Crippen LogP contribution in [0, 0.1) is 15.9 Å². The van der Waals surface area contributed by atoms with Gasteiger partial charge in [-0.1, -0.05) is 30.3 Å². The molecule has 0 bridgehead atoms. The second-order valence-corrected chi connectivity index (χ2v) is 5.25. The largest absolute Gasteiger partial charge is 0.386 e. The van der Waals surface area contributed by atoms with E-state index < -0.39 is 16.8 Å². The number of aromatic nitrogens is 2. The van der Waals surface area contributed by atoms with Gasteiger partial charge in [0, 0.05) is 35.7 Å². The van der Waals surface area contributed by atoms with Gasteiger partial charge in [-0.3, -0.25) is 10.1 Å². The number of hydrogen-bond acceptors (Lipinski definition) is 4. The second-order valence-electron chi connectivity index (χ2n) is 5.25. The molecule has 0 spiro atoms. The zero-order valence-electron chi connectivity index (χ0n) is 12.5. The van der Waals surface area contributed by atoms with Crippen molar-refractivity contribution in [1.82, 2.24) is 9.55 Å². The summed E-state index contributed by atoms with van der Waals surface area (Å²) in [6.07, 6.45) is 2.11. The standard InChI is InChI=1S/C17H14FN3O3/c18-15-7-2-1-6-14(15)16(22)11-20-9-8-19-17(20)12-4-3-5-13(10-12)21(23)24/h1-10,16,22H,11H2.